The summed E-state index contributed by atoms with van der Waals surface area (Å²) >= 11 is 13.3. The SMILES string of the molecule is Cc1ccsc1CNC(=O)c1cc([N+](=O)[O-])cc(Cl)c1Cl. The van der Waals surface area contributed by atoms with Crippen LogP contribution in [0.4, 0.5) is 5.69 Å². The first-order valence-electron chi connectivity index (χ1n) is 5.84. The molecule has 0 fully saturated rings. The van der Waals surface area contributed by atoms with E-state index in [1.54, 1.807) is 0 Å². The molecule has 1 aromatic heterocycles. The fraction of sp³-hybridized carbons (Fsp3) is 0.154. The van der Waals surface area contributed by atoms with Gasteiger partial charge < -0.3 is 5.32 Å². The number of benzene rings is 1. The van der Waals surface area contributed by atoms with E-state index in [2.05, 4.69) is 5.32 Å². The van der Waals surface area contributed by atoms with Crippen LogP contribution < -0.4 is 5.32 Å². The summed E-state index contributed by atoms with van der Waals surface area (Å²) in [6, 6.07) is 4.18. The quantitative estimate of drug-likeness (QED) is 0.667. The zero-order valence-electron chi connectivity index (χ0n) is 10.9. The second-order valence-electron chi connectivity index (χ2n) is 4.26. The van der Waals surface area contributed by atoms with E-state index < -0.39 is 10.8 Å². The Morgan fingerprint density at radius 1 is 1.43 bits per heavy atom. The van der Waals surface area contributed by atoms with Crippen molar-refractivity contribution in [3.63, 3.8) is 0 Å². The number of thiophene rings is 1. The number of carbonyl (C=O) groups excluding carboxylic acids is 1. The second-order valence-corrected chi connectivity index (χ2v) is 6.04. The number of nitrogens with zero attached hydrogens (tertiary/aromatic N) is 1. The van der Waals surface area contributed by atoms with Crippen LogP contribution >= 0.6 is 34.5 Å². The molecule has 21 heavy (non-hydrogen) atoms. The molecule has 0 bridgehead atoms. The van der Waals surface area contributed by atoms with Crippen molar-refractivity contribution in [2.45, 2.75) is 13.5 Å². The molecule has 1 amide bonds. The molecular weight excluding hydrogens is 335 g/mol. The highest BCUT2D eigenvalue weighted by atomic mass is 35.5. The molecule has 2 rings (SSSR count). The molecule has 110 valence electrons. The van der Waals surface area contributed by atoms with Gasteiger partial charge in [0.1, 0.15) is 0 Å². The van der Waals surface area contributed by atoms with Crippen LogP contribution in [0.5, 0.6) is 0 Å². The lowest BCUT2D eigenvalue weighted by atomic mass is 10.2. The summed E-state index contributed by atoms with van der Waals surface area (Å²) in [4.78, 5) is 23.3. The topological polar surface area (TPSA) is 72.2 Å². The van der Waals surface area contributed by atoms with Crippen LogP contribution in [0.2, 0.25) is 10.0 Å². The fourth-order valence-corrected chi connectivity index (χ4v) is 2.94. The lowest BCUT2D eigenvalue weighted by molar-refractivity contribution is -0.384. The maximum atomic E-state index is 12.1. The Hall–Kier alpha value is -1.63. The highest BCUT2D eigenvalue weighted by Crippen LogP contribution is 2.31. The lowest BCUT2D eigenvalue weighted by Crippen LogP contribution is -2.23. The smallest absolute Gasteiger partial charge is 0.271 e. The van der Waals surface area contributed by atoms with Gasteiger partial charge in [-0.2, -0.15) is 0 Å². The lowest BCUT2D eigenvalue weighted by Gasteiger charge is -2.07. The third-order valence-corrected chi connectivity index (χ3v) is 4.67. The zero-order chi connectivity index (χ0) is 15.6. The molecule has 0 radical (unpaired) electrons. The molecule has 0 saturated carbocycles. The molecule has 2 aromatic rings. The highest BCUT2D eigenvalue weighted by molar-refractivity contribution is 7.10. The molecular formula is C13H10Cl2N2O3S. The average Bonchev–Trinajstić information content (AvgIpc) is 2.84. The summed E-state index contributed by atoms with van der Waals surface area (Å²) in [5.41, 5.74) is 0.787. The van der Waals surface area contributed by atoms with Gasteiger partial charge in [-0.05, 0) is 23.9 Å². The maximum Gasteiger partial charge on any atom is 0.271 e. The predicted molar refractivity (Wildman–Crippen MR) is 83.3 cm³/mol. The monoisotopic (exact) mass is 344 g/mol. The van der Waals surface area contributed by atoms with Crippen LogP contribution in [-0.2, 0) is 6.54 Å². The van der Waals surface area contributed by atoms with E-state index in [9.17, 15) is 14.9 Å². The Morgan fingerprint density at radius 3 is 2.71 bits per heavy atom. The van der Waals surface area contributed by atoms with Crippen molar-refractivity contribution in [1.82, 2.24) is 5.32 Å². The van der Waals surface area contributed by atoms with Gasteiger partial charge in [-0.1, -0.05) is 23.2 Å². The van der Waals surface area contributed by atoms with Crippen LogP contribution in [0, 0.1) is 17.0 Å². The molecule has 0 atom stereocenters. The molecule has 8 heteroatoms. The van der Waals surface area contributed by atoms with Crippen molar-refractivity contribution in [3.05, 3.63) is 59.7 Å². The third kappa shape index (κ3) is 3.53. The Morgan fingerprint density at radius 2 is 2.14 bits per heavy atom. The number of carbonyl (C=O) groups is 1. The van der Waals surface area contributed by atoms with Crippen LogP contribution in [0.15, 0.2) is 23.6 Å². The summed E-state index contributed by atoms with van der Waals surface area (Å²) in [6.07, 6.45) is 0. The van der Waals surface area contributed by atoms with Gasteiger partial charge >= 0.3 is 0 Å². The standard InChI is InChI=1S/C13H10Cl2N2O3S/c1-7-2-3-21-11(7)6-16-13(18)9-4-8(17(19)20)5-10(14)12(9)15/h2-5H,6H2,1H3,(H,16,18). The third-order valence-electron chi connectivity index (χ3n) is 2.85. The van der Waals surface area contributed by atoms with E-state index in [1.807, 2.05) is 18.4 Å². The van der Waals surface area contributed by atoms with Gasteiger partial charge in [0.15, 0.2) is 0 Å². The van der Waals surface area contributed by atoms with Gasteiger partial charge in [0.25, 0.3) is 11.6 Å². The first-order chi connectivity index (χ1) is 9.90. The number of hydrogen-bond donors (Lipinski definition) is 1. The van der Waals surface area contributed by atoms with Gasteiger partial charge in [-0.15, -0.1) is 11.3 Å². The van der Waals surface area contributed by atoms with E-state index in [1.165, 1.54) is 11.3 Å². The van der Waals surface area contributed by atoms with Gasteiger partial charge in [-0.25, -0.2) is 0 Å². The number of nitrogens with one attached hydrogen (secondary N) is 1. The molecule has 0 unspecified atom stereocenters. The van der Waals surface area contributed by atoms with Crippen molar-refractivity contribution in [2.75, 3.05) is 0 Å². The Bertz CT molecular complexity index is 715. The Kier molecular flexibility index (Phi) is 4.82. The molecule has 0 spiro atoms. The van der Waals surface area contributed by atoms with Crippen molar-refractivity contribution >= 4 is 46.1 Å². The number of non-ortho nitro benzene ring substituents is 1. The number of rotatable bonds is 4. The van der Waals surface area contributed by atoms with Crippen molar-refractivity contribution in [3.8, 4) is 0 Å². The van der Waals surface area contributed by atoms with Crippen molar-refractivity contribution < 1.29 is 9.72 Å². The highest BCUT2D eigenvalue weighted by Gasteiger charge is 2.19. The van der Waals surface area contributed by atoms with Gasteiger partial charge in [-0.3, -0.25) is 14.9 Å². The minimum Gasteiger partial charge on any atom is -0.347 e. The average molecular weight is 345 g/mol. The number of nitro benzene ring substituents is 1. The molecule has 1 aromatic carbocycles. The summed E-state index contributed by atoms with van der Waals surface area (Å²) in [5.74, 6) is -0.501. The number of aryl methyl sites for hydroxylation is 1. The first kappa shape index (κ1) is 15.8. The van der Waals surface area contributed by atoms with E-state index in [0.29, 0.717) is 6.54 Å². The van der Waals surface area contributed by atoms with Crippen molar-refractivity contribution in [1.29, 1.82) is 0 Å². The van der Waals surface area contributed by atoms with Crippen LogP contribution in [0.3, 0.4) is 0 Å². The van der Waals surface area contributed by atoms with Crippen LogP contribution in [0.1, 0.15) is 20.8 Å². The molecule has 5 nitrogen and oxygen atoms in total. The molecule has 1 N–H and O–H groups in total. The predicted octanol–water partition coefficient (Wildman–Crippen LogP) is 4.20. The minimum atomic E-state index is -0.623. The largest absolute Gasteiger partial charge is 0.347 e. The Labute approximate surface area is 134 Å². The number of amides is 1. The van der Waals surface area contributed by atoms with E-state index in [4.69, 9.17) is 23.2 Å². The molecule has 0 aliphatic rings. The van der Waals surface area contributed by atoms with E-state index in [-0.39, 0.29) is 21.3 Å². The number of nitro groups is 1. The summed E-state index contributed by atoms with van der Waals surface area (Å²) in [5, 5.41) is 15.4. The molecule has 1 heterocycles. The number of hydrogen-bond acceptors (Lipinski definition) is 4. The molecule has 0 aliphatic carbocycles. The van der Waals surface area contributed by atoms with Gasteiger partial charge in [0, 0.05) is 17.0 Å². The summed E-state index contributed by atoms with van der Waals surface area (Å²) < 4.78 is 0. The molecule has 0 aliphatic heterocycles. The minimum absolute atomic E-state index is 0.00247. The Balaban J connectivity index is 2.22. The fourth-order valence-electron chi connectivity index (χ4n) is 1.69. The molecule has 0 saturated heterocycles. The number of halogens is 2. The first-order valence-corrected chi connectivity index (χ1v) is 7.48. The van der Waals surface area contributed by atoms with E-state index in [0.717, 1.165) is 22.6 Å². The summed E-state index contributed by atoms with van der Waals surface area (Å²) in [7, 11) is 0. The normalized spacial score (nSPS) is 10.4. The second kappa shape index (κ2) is 6.43. The summed E-state index contributed by atoms with van der Waals surface area (Å²) in [6.45, 7) is 2.27. The van der Waals surface area contributed by atoms with Crippen molar-refractivity contribution in [2.24, 2.45) is 0 Å². The van der Waals surface area contributed by atoms with Gasteiger partial charge in [0.2, 0.25) is 0 Å². The van der Waals surface area contributed by atoms with Crippen LogP contribution in [0.25, 0.3) is 0 Å². The zero-order valence-corrected chi connectivity index (χ0v) is 13.2. The van der Waals surface area contributed by atoms with Gasteiger partial charge in [0.05, 0.1) is 27.1 Å². The van der Waals surface area contributed by atoms with Crippen LogP contribution in [-0.4, -0.2) is 10.8 Å². The maximum absolute atomic E-state index is 12.1. The van der Waals surface area contributed by atoms with E-state index >= 15 is 0 Å².